The summed E-state index contributed by atoms with van der Waals surface area (Å²) in [5, 5.41) is 11.2. The molecule has 128 valence electrons. The predicted molar refractivity (Wildman–Crippen MR) is 105 cm³/mol. The van der Waals surface area contributed by atoms with E-state index in [0.717, 1.165) is 30.1 Å². The van der Waals surface area contributed by atoms with Gasteiger partial charge in [-0.15, -0.1) is 0 Å². The summed E-state index contributed by atoms with van der Waals surface area (Å²) in [6, 6.07) is 3.86. The van der Waals surface area contributed by atoms with E-state index in [1.807, 2.05) is 28.4 Å². The van der Waals surface area contributed by atoms with Crippen molar-refractivity contribution in [1.82, 2.24) is 8.64 Å². The molecule has 0 bridgehead atoms. The number of rotatable bonds is 5. The van der Waals surface area contributed by atoms with E-state index in [1.165, 1.54) is 18.6 Å². The van der Waals surface area contributed by atoms with Gasteiger partial charge in [0.15, 0.2) is 0 Å². The van der Waals surface area contributed by atoms with Crippen LogP contribution in [0.1, 0.15) is 43.6 Å². The minimum Gasteiger partial charge on any atom is -0.322 e. The third kappa shape index (κ3) is 4.39. The number of carbonyl (C=O) groups is 1. The zero-order valence-electron chi connectivity index (χ0n) is 14.3. The molecule has 1 fully saturated rings. The molecule has 0 radical (unpaired) electrons. The number of Topliss-reactive ketones (excluding diaryl/α,β-unsaturated/α-hetero) is 1. The van der Waals surface area contributed by atoms with Gasteiger partial charge in [-0.2, -0.15) is 5.26 Å². The summed E-state index contributed by atoms with van der Waals surface area (Å²) >= 11 is 1.89. The van der Waals surface area contributed by atoms with Crippen LogP contribution in [0.2, 0.25) is 0 Å². The highest BCUT2D eigenvalue weighted by molar-refractivity contribution is 7.97. The van der Waals surface area contributed by atoms with E-state index in [9.17, 15) is 4.79 Å². The van der Waals surface area contributed by atoms with E-state index in [4.69, 9.17) is 5.26 Å². The highest BCUT2D eigenvalue weighted by Gasteiger charge is 2.16. The summed E-state index contributed by atoms with van der Waals surface area (Å²) in [5.74, 6) is 0.952. The van der Waals surface area contributed by atoms with E-state index < -0.39 is 0 Å². The molecule has 1 aliphatic rings. The van der Waals surface area contributed by atoms with E-state index in [-0.39, 0.29) is 11.4 Å². The maximum absolute atomic E-state index is 12.5. The molecule has 4 nitrogen and oxygen atoms in total. The average molecular weight is 361 g/mol. The summed E-state index contributed by atoms with van der Waals surface area (Å²) in [7, 11) is 2.62. The quantitative estimate of drug-likeness (QED) is 0.266. The first-order valence-electron chi connectivity index (χ1n) is 8.28. The molecule has 1 aromatic heterocycles. The largest absolute Gasteiger partial charge is 0.322 e. The molecule has 0 aromatic carbocycles. The Kier molecular flexibility index (Phi) is 7.30. The first kappa shape index (κ1) is 19.0. The van der Waals surface area contributed by atoms with Crippen molar-refractivity contribution in [3.05, 3.63) is 34.0 Å². The van der Waals surface area contributed by atoms with Gasteiger partial charge in [0.2, 0.25) is 5.78 Å². The molecule has 1 unspecified atom stereocenters. The van der Waals surface area contributed by atoms with Crippen LogP contribution in [0.15, 0.2) is 17.7 Å². The molecule has 2 heterocycles. The summed E-state index contributed by atoms with van der Waals surface area (Å²) in [6.07, 6.45) is 9.29. The minimum atomic E-state index is -0.229. The maximum Gasteiger partial charge on any atom is 0.219 e. The Morgan fingerprint density at radius 2 is 2.25 bits per heavy atom. The number of aromatic nitrogens is 1. The van der Waals surface area contributed by atoms with Crippen molar-refractivity contribution in [2.75, 3.05) is 18.8 Å². The van der Waals surface area contributed by atoms with Crippen LogP contribution in [0.5, 0.6) is 0 Å². The number of ketones is 1. The van der Waals surface area contributed by atoms with Crippen molar-refractivity contribution in [2.24, 2.45) is 0 Å². The molecule has 0 saturated carbocycles. The van der Waals surface area contributed by atoms with Gasteiger partial charge in [0.25, 0.3) is 0 Å². The fourth-order valence-electron chi connectivity index (χ4n) is 2.70. The van der Waals surface area contributed by atoms with E-state index >= 15 is 0 Å². The molecule has 0 amide bonds. The highest BCUT2D eigenvalue weighted by atomic mass is 32.2. The molecule has 6 heteroatoms. The average Bonchev–Trinajstić information content (AvgIpc) is 2.91. The second kappa shape index (κ2) is 9.22. The third-order valence-corrected chi connectivity index (χ3v) is 5.71. The van der Waals surface area contributed by atoms with Crippen LogP contribution >= 0.6 is 21.3 Å². The molecular formula is C18H24N3OPS. The maximum atomic E-state index is 12.5. The number of carbonyl (C=O) groups excluding carboxylic acids is 1. The molecule has 0 spiro atoms. The molecule has 1 atom stereocenters. The van der Waals surface area contributed by atoms with Crippen molar-refractivity contribution in [2.45, 2.75) is 33.1 Å². The molecule has 24 heavy (non-hydrogen) atoms. The smallest absolute Gasteiger partial charge is 0.219 e. The second-order valence-electron chi connectivity index (χ2n) is 5.63. The third-order valence-electron chi connectivity index (χ3n) is 3.98. The zero-order valence-corrected chi connectivity index (χ0v) is 16.3. The highest BCUT2D eigenvalue weighted by Crippen LogP contribution is 2.18. The van der Waals surface area contributed by atoms with Crippen LogP contribution in [0.4, 0.5) is 0 Å². The van der Waals surface area contributed by atoms with Crippen LogP contribution in [0.25, 0.3) is 12.2 Å². The Balaban J connectivity index is 2.42. The number of hydrogen-bond donors (Lipinski definition) is 0. The van der Waals surface area contributed by atoms with Crippen molar-refractivity contribution in [3.63, 3.8) is 0 Å². The van der Waals surface area contributed by atoms with Gasteiger partial charge in [-0.3, -0.25) is 4.79 Å². The topological polar surface area (TPSA) is 49.0 Å². The van der Waals surface area contributed by atoms with Gasteiger partial charge in [-0.05, 0) is 52.9 Å². The Labute approximate surface area is 150 Å². The van der Waals surface area contributed by atoms with Gasteiger partial charge in [0, 0.05) is 24.2 Å². The number of hydrogen-bond acceptors (Lipinski definition) is 4. The van der Waals surface area contributed by atoms with Crippen molar-refractivity contribution >= 4 is 39.3 Å². The Bertz CT molecular complexity index is 782. The van der Waals surface area contributed by atoms with Gasteiger partial charge in [-0.25, -0.2) is 4.31 Å². The van der Waals surface area contributed by atoms with Crippen molar-refractivity contribution < 1.29 is 4.79 Å². The van der Waals surface area contributed by atoms with Gasteiger partial charge in [0.05, 0.1) is 11.3 Å². The van der Waals surface area contributed by atoms with Crippen LogP contribution in [-0.2, 0) is 0 Å². The van der Waals surface area contributed by atoms with Crippen LogP contribution in [0, 0.1) is 11.3 Å². The summed E-state index contributed by atoms with van der Waals surface area (Å²) in [5.41, 5.74) is 0.712. The molecule has 1 aliphatic heterocycles. The normalized spacial score (nSPS) is 18.0. The Morgan fingerprint density at radius 3 is 2.83 bits per heavy atom. The summed E-state index contributed by atoms with van der Waals surface area (Å²) in [6.45, 7) is 5.76. The molecule has 2 rings (SSSR count). The van der Waals surface area contributed by atoms with Crippen molar-refractivity contribution in [3.8, 4) is 6.07 Å². The van der Waals surface area contributed by atoms with Crippen molar-refractivity contribution in [1.29, 1.82) is 5.26 Å². The molecule has 1 aromatic rings. The molecule has 1 saturated heterocycles. The van der Waals surface area contributed by atoms with E-state index in [2.05, 4.69) is 32.8 Å². The SMILES string of the molecule is C/C=C(\C#N)C(=O)c1cc(=C/CC)/c(=C\CN2CCCCS2)n1P. The predicted octanol–water partition coefficient (Wildman–Crippen LogP) is 2.49. The number of allylic oxidation sites excluding steroid dienone is 2. The number of nitriles is 1. The summed E-state index contributed by atoms with van der Waals surface area (Å²) in [4.78, 5) is 12.5. The monoisotopic (exact) mass is 361 g/mol. The molecular weight excluding hydrogens is 337 g/mol. The van der Waals surface area contributed by atoms with Gasteiger partial charge >= 0.3 is 0 Å². The van der Waals surface area contributed by atoms with Crippen LogP contribution in [-0.4, -0.2) is 33.3 Å². The lowest BCUT2D eigenvalue weighted by molar-refractivity contribution is 0.103. The van der Waals surface area contributed by atoms with Crippen LogP contribution < -0.4 is 10.6 Å². The van der Waals surface area contributed by atoms with Gasteiger partial charge < -0.3 is 4.34 Å². The lowest BCUT2D eigenvalue weighted by Crippen LogP contribution is -2.29. The second-order valence-corrected chi connectivity index (χ2v) is 7.33. The molecule has 0 aliphatic carbocycles. The minimum absolute atomic E-state index is 0.178. The lowest BCUT2D eigenvalue weighted by atomic mass is 10.1. The van der Waals surface area contributed by atoms with Gasteiger partial charge in [-0.1, -0.05) is 31.0 Å². The van der Waals surface area contributed by atoms with Gasteiger partial charge in [0.1, 0.15) is 6.07 Å². The fourth-order valence-corrected chi connectivity index (χ4v) is 4.18. The van der Waals surface area contributed by atoms with E-state index in [1.54, 1.807) is 13.0 Å². The van der Waals surface area contributed by atoms with Crippen LogP contribution in [0.3, 0.4) is 0 Å². The standard InChI is InChI=1S/C18H24N3OPS/c1-3-7-15-12-17(18(22)14(4-2)13-19)21(23)16(15)8-10-20-9-5-6-11-24-20/h4,7-8,12H,3,5-6,9-11,23H2,1-2H3/b14-4+,15-7-,16-8+. The first-order valence-corrected chi connectivity index (χ1v) is 9.74. The fraction of sp³-hybridized carbons (Fsp3) is 0.444. The number of nitrogens with zero attached hydrogens (tertiary/aromatic N) is 3. The Hall–Kier alpha value is -1.34. The van der Waals surface area contributed by atoms with E-state index in [0.29, 0.717) is 5.69 Å². The summed E-state index contributed by atoms with van der Waals surface area (Å²) < 4.78 is 4.20. The Morgan fingerprint density at radius 1 is 1.46 bits per heavy atom. The zero-order chi connectivity index (χ0) is 17.5. The first-order chi connectivity index (χ1) is 11.6. The molecule has 0 N–H and O–H groups in total. The lowest BCUT2D eigenvalue weighted by Gasteiger charge is -2.23.